The molecule has 0 spiro atoms. The molecule has 0 amide bonds. The lowest BCUT2D eigenvalue weighted by Gasteiger charge is -2.19. The van der Waals surface area contributed by atoms with Crippen molar-refractivity contribution >= 4 is 5.97 Å². The largest absolute Gasteiger partial charge is 0.455 e. The fourth-order valence-electron chi connectivity index (χ4n) is 2.54. The van der Waals surface area contributed by atoms with Gasteiger partial charge in [0.1, 0.15) is 5.75 Å². The van der Waals surface area contributed by atoms with Crippen molar-refractivity contribution in [2.75, 3.05) is 0 Å². The van der Waals surface area contributed by atoms with Crippen LogP contribution in [-0.4, -0.2) is 12.3 Å². The first-order valence-electron chi connectivity index (χ1n) is 7.98. The number of benzene rings is 2. The summed E-state index contributed by atoms with van der Waals surface area (Å²) in [7, 11) is 0. The zero-order chi connectivity index (χ0) is 18.0. The Morgan fingerprint density at radius 2 is 1.80 bits per heavy atom. The molecule has 1 saturated carbocycles. The minimum Gasteiger partial charge on any atom is -0.455 e. The SMILES string of the molecule is CC(OC(=O)c1ccccc1)Oc1ccc(C(F)(F)F)cc1C1CC1. The topological polar surface area (TPSA) is 35.5 Å². The average Bonchev–Trinajstić information content (AvgIpc) is 3.39. The van der Waals surface area contributed by atoms with Gasteiger partial charge in [0.15, 0.2) is 0 Å². The van der Waals surface area contributed by atoms with Gasteiger partial charge in [-0.05, 0) is 54.7 Å². The zero-order valence-electron chi connectivity index (χ0n) is 13.5. The molecular formula is C19H17F3O3. The van der Waals surface area contributed by atoms with Crippen molar-refractivity contribution < 1.29 is 27.4 Å². The summed E-state index contributed by atoms with van der Waals surface area (Å²) in [5, 5.41) is 0. The number of hydrogen-bond donors (Lipinski definition) is 0. The molecule has 1 aliphatic carbocycles. The molecule has 132 valence electrons. The van der Waals surface area contributed by atoms with E-state index in [0.29, 0.717) is 16.9 Å². The molecule has 0 N–H and O–H groups in total. The normalized spacial score (nSPS) is 15.5. The van der Waals surface area contributed by atoms with Crippen molar-refractivity contribution in [3.8, 4) is 5.75 Å². The van der Waals surface area contributed by atoms with Crippen molar-refractivity contribution in [1.82, 2.24) is 0 Å². The van der Waals surface area contributed by atoms with Gasteiger partial charge in [0, 0.05) is 6.92 Å². The number of ether oxygens (including phenoxy) is 2. The Balaban J connectivity index is 1.72. The van der Waals surface area contributed by atoms with E-state index in [-0.39, 0.29) is 5.92 Å². The second-order valence-corrected chi connectivity index (χ2v) is 5.98. The molecule has 3 nitrogen and oxygen atoms in total. The van der Waals surface area contributed by atoms with Gasteiger partial charge in [-0.2, -0.15) is 13.2 Å². The first-order chi connectivity index (χ1) is 11.8. The summed E-state index contributed by atoms with van der Waals surface area (Å²) in [5.74, 6) is -0.161. The Bertz CT molecular complexity index is 752. The highest BCUT2D eigenvalue weighted by Gasteiger charge is 2.34. The fraction of sp³-hybridized carbons (Fsp3) is 0.316. The summed E-state index contributed by atoms with van der Waals surface area (Å²) in [6.45, 7) is 1.54. The number of alkyl halides is 3. The molecule has 0 aromatic heterocycles. The molecule has 6 heteroatoms. The third-order valence-electron chi connectivity index (χ3n) is 3.93. The Morgan fingerprint density at radius 1 is 1.12 bits per heavy atom. The van der Waals surface area contributed by atoms with Crippen LogP contribution in [0, 0.1) is 0 Å². The second-order valence-electron chi connectivity index (χ2n) is 5.98. The van der Waals surface area contributed by atoms with E-state index < -0.39 is 24.0 Å². The number of halogens is 3. The zero-order valence-corrected chi connectivity index (χ0v) is 13.5. The Labute approximate surface area is 143 Å². The third-order valence-corrected chi connectivity index (χ3v) is 3.93. The number of hydrogen-bond acceptors (Lipinski definition) is 3. The van der Waals surface area contributed by atoms with Crippen LogP contribution in [-0.2, 0) is 10.9 Å². The van der Waals surface area contributed by atoms with E-state index in [1.165, 1.54) is 13.0 Å². The molecule has 25 heavy (non-hydrogen) atoms. The van der Waals surface area contributed by atoms with Crippen LogP contribution in [0.5, 0.6) is 5.75 Å². The van der Waals surface area contributed by atoms with E-state index in [2.05, 4.69) is 0 Å². The Hall–Kier alpha value is -2.50. The Kier molecular flexibility index (Phi) is 4.70. The molecule has 1 fully saturated rings. The van der Waals surface area contributed by atoms with E-state index in [9.17, 15) is 18.0 Å². The van der Waals surface area contributed by atoms with Crippen LogP contribution in [0.1, 0.15) is 47.2 Å². The predicted octanol–water partition coefficient (Wildman–Crippen LogP) is 5.16. The maximum atomic E-state index is 12.9. The molecule has 0 heterocycles. The summed E-state index contributed by atoms with van der Waals surface area (Å²) in [6.07, 6.45) is -3.65. The molecule has 1 aliphatic rings. The lowest BCUT2D eigenvalue weighted by Crippen LogP contribution is -2.21. The first-order valence-corrected chi connectivity index (χ1v) is 7.98. The van der Waals surface area contributed by atoms with Crippen molar-refractivity contribution in [2.45, 2.75) is 38.1 Å². The van der Waals surface area contributed by atoms with Crippen LogP contribution in [0.4, 0.5) is 13.2 Å². The lowest BCUT2D eigenvalue weighted by molar-refractivity contribution is -0.137. The van der Waals surface area contributed by atoms with Gasteiger partial charge in [-0.3, -0.25) is 0 Å². The predicted molar refractivity (Wildman–Crippen MR) is 85.4 cm³/mol. The molecule has 2 aromatic rings. The molecule has 0 bridgehead atoms. The van der Waals surface area contributed by atoms with Crippen LogP contribution in [0.25, 0.3) is 0 Å². The van der Waals surface area contributed by atoms with Crippen LogP contribution in [0.15, 0.2) is 48.5 Å². The van der Waals surface area contributed by atoms with Crippen molar-refractivity contribution in [1.29, 1.82) is 0 Å². The lowest BCUT2D eigenvalue weighted by atomic mass is 10.1. The molecule has 1 atom stereocenters. The smallest absolute Gasteiger partial charge is 0.416 e. The van der Waals surface area contributed by atoms with E-state index in [0.717, 1.165) is 25.0 Å². The van der Waals surface area contributed by atoms with E-state index in [1.54, 1.807) is 30.3 Å². The minimum atomic E-state index is -4.40. The summed E-state index contributed by atoms with van der Waals surface area (Å²) >= 11 is 0. The van der Waals surface area contributed by atoms with Gasteiger partial charge in [0.05, 0.1) is 11.1 Å². The summed E-state index contributed by atoms with van der Waals surface area (Å²) < 4.78 is 49.5. The molecule has 2 aromatic carbocycles. The molecular weight excluding hydrogens is 333 g/mol. The van der Waals surface area contributed by atoms with Gasteiger partial charge in [0.25, 0.3) is 0 Å². The van der Waals surface area contributed by atoms with Crippen LogP contribution in [0.2, 0.25) is 0 Å². The molecule has 3 rings (SSSR count). The van der Waals surface area contributed by atoms with Crippen LogP contribution in [0.3, 0.4) is 0 Å². The maximum absolute atomic E-state index is 12.9. The first kappa shape index (κ1) is 17.3. The van der Waals surface area contributed by atoms with Gasteiger partial charge < -0.3 is 9.47 Å². The minimum absolute atomic E-state index is 0.0642. The van der Waals surface area contributed by atoms with E-state index >= 15 is 0 Å². The van der Waals surface area contributed by atoms with Gasteiger partial charge in [-0.15, -0.1) is 0 Å². The third kappa shape index (κ3) is 4.32. The molecule has 1 unspecified atom stereocenters. The van der Waals surface area contributed by atoms with Gasteiger partial charge in [0.2, 0.25) is 6.29 Å². The number of carbonyl (C=O) groups is 1. The Morgan fingerprint density at radius 3 is 2.40 bits per heavy atom. The monoisotopic (exact) mass is 350 g/mol. The summed E-state index contributed by atoms with van der Waals surface area (Å²) in [4.78, 5) is 12.0. The average molecular weight is 350 g/mol. The van der Waals surface area contributed by atoms with Crippen LogP contribution >= 0.6 is 0 Å². The number of rotatable bonds is 5. The molecule has 0 aliphatic heterocycles. The highest BCUT2D eigenvalue weighted by Crippen LogP contribution is 2.46. The van der Waals surface area contributed by atoms with E-state index in [4.69, 9.17) is 9.47 Å². The summed E-state index contributed by atoms with van der Waals surface area (Å²) in [6, 6.07) is 11.8. The highest BCUT2D eigenvalue weighted by molar-refractivity contribution is 5.89. The number of esters is 1. The summed E-state index contributed by atoms with van der Waals surface area (Å²) in [5.41, 5.74) is 0.195. The van der Waals surface area contributed by atoms with E-state index in [1.807, 2.05) is 0 Å². The van der Waals surface area contributed by atoms with Crippen molar-refractivity contribution in [3.05, 3.63) is 65.2 Å². The second kappa shape index (κ2) is 6.78. The van der Waals surface area contributed by atoms with Gasteiger partial charge in [-0.1, -0.05) is 18.2 Å². The van der Waals surface area contributed by atoms with Gasteiger partial charge >= 0.3 is 12.1 Å². The molecule has 0 saturated heterocycles. The number of carbonyl (C=O) groups excluding carboxylic acids is 1. The van der Waals surface area contributed by atoms with Crippen molar-refractivity contribution in [3.63, 3.8) is 0 Å². The highest BCUT2D eigenvalue weighted by atomic mass is 19.4. The quantitative estimate of drug-likeness (QED) is 0.552. The molecule has 0 radical (unpaired) electrons. The standard InChI is InChI=1S/C19H17F3O3/c1-12(25-18(23)14-5-3-2-4-6-14)24-17-10-9-15(19(20,21)22)11-16(17)13-7-8-13/h2-6,9-13H,7-8H2,1H3. The van der Waals surface area contributed by atoms with Crippen LogP contribution < -0.4 is 4.74 Å². The fourth-order valence-corrected chi connectivity index (χ4v) is 2.54. The van der Waals surface area contributed by atoms with Crippen molar-refractivity contribution in [2.24, 2.45) is 0 Å². The maximum Gasteiger partial charge on any atom is 0.416 e. The van der Waals surface area contributed by atoms with Gasteiger partial charge in [-0.25, -0.2) is 4.79 Å².